The van der Waals surface area contributed by atoms with E-state index in [1.54, 1.807) is 28.6 Å². The van der Waals surface area contributed by atoms with E-state index in [0.717, 1.165) is 50.0 Å². The quantitative estimate of drug-likeness (QED) is 0.212. The van der Waals surface area contributed by atoms with E-state index in [9.17, 15) is 28.0 Å². The van der Waals surface area contributed by atoms with Crippen LogP contribution in [0.25, 0.3) is 16.7 Å². The van der Waals surface area contributed by atoms with Gasteiger partial charge < -0.3 is 15.0 Å². The number of carbonyl (C=O) groups excluding carboxylic acids is 3. The second-order valence-corrected chi connectivity index (χ2v) is 14.1. The lowest BCUT2D eigenvalue weighted by molar-refractivity contribution is -0.135. The van der Waals surface area contributed by atoms with Crippen LogP contribution in [0.15, 0.2) is 53.8 Å². The third-order valence-electron chi connectivity index (χ3n) is 10.9. The lowest BCUT2D eigenvalue weighted by Gasteiger charge is -2.35. The number of carbonyl (C=O) groups is 3. The molecule has 3 aliphatic rings. The van der Waals surface area contributed by atoms with Gasteiger partial charge in [-0.15, -0.1) is 0 Å². The summed E-state index contributed by atoms with van der Waals surface area (Å²) in [6, 6.07) is 6.61. The van der Waals surface area contributed by atoms with Gasteiger partial charge in [-0.3, -0.25) is 33.5 Å². The molecule has 4 aromatic heterocycles. The maximum absolute atomic E-state index is 14.0. The summed E-state index contributed by atoms with van der Waals surface area (Å²) in [5.74, 6) is -0.993. The minimum absolute atomic E-state index is 0.0321. The highest BCUT2D eigenvalue weighted by molar-refractivity contribution is 6.08. The van der Waals surface area contributed by atoms with E-state index in [2.05, 4.69) is 30.7 Å². The molecular formula is C36H40F2N10O5. The Morgan fingerprint density at radius 2 is 1.85 bits per heavy atom. The Labute approximate surface area is 301 Å². The van der Waals surface area contributed by atoms with Crippen LogP contribution in [0, 0.1) is 5.92 Å². The number of ether oxygens (including phenoxy) is 1. The maximum atomic E-state index is 14.0. The number of fused-ring (bicyclic) bond motifs is 2. The number of halogens is 2. The van der Waals surface area contributed by atoms with E-state index >= 15 is 0 Å². The van der Waals surface area contributed by atoms with Crippen LogP contribution < -0.4 is 21.2 Å². The summed E-state index contributed by atoms with van der Waals surface area (Å²) in [6.45, 7) is 2.20. The monoisotopic (exact) mass is 730 g/mol. The zero-order chi connectivity index (χ0) is 36.8. The highest BCUT2D eigenvalue weighted by Crippen LogP contribution is 2.35. The molecular weight excluding hydrogens is 690 g/mol. The predicted octanol–water partition coefficient (Wildman–Crippen LogP) is 4.16. The Kier molecular flexibility index (Phi) is 9.26. The number of nitrogens with zero attached hydrogens (tertiary/aromatic N) is 8. The minimum atomic E-state index is -2.86. The molecule has 15 nitrogen and oxygen atoms in total. The van der Waals surface area contributed by atoms with Crippen LogP contribution in [-0.2, 0) is 21.4 Å². The van der Waals surface area contributed by atoms with Crippen molar-refractivity contribution in [1.82, 2.24) is 38.8 Å². The van der Waals surface area contributed by atoms with Gasteiger partial charge in [-0.25, -0.2) is 23.1 Å². The first kappa shape index (κ1) is 34.6. The molecule has 17 heteroatoms. The standard InChI is InChI=1S/C36H40F2N10O5/c1-44-31-26(4-2-5-27(31)48(36(44)52)28-10-11-29(49)42-35(28)51)45-16-12-21(13-17-45)20-53-23-8-6-22(7-9-23)47-19-25(30(43-47)32(37)38)41-34(50)24-18-40-46-15-3-14-39-33(24)46/h2-5,14-15,18-19,21-23,28,32H,6-13,16-17,20H2,1H3,(H,41,50)(H,42,49,51)/t22-,23-,28?. The van der Waals surface area contributed by atoms with E-state index in [4.69, 9.17) is 4.74 Å². The van der Waals surface area contributed by atoms with Gasteiger partial charge in [0.25, 0.3) is 12.3 Å². The number of piperidine rings is 2. The van der Waals surface area contributed by atoms with Crippen LogP contribution in [0.3, 0.4) is 0 Å². The third kappa shape index (κ3) is 6.57. The molecule has 3 fully saturated rings. The summed E-state index contributed by atoms with van der Waals surface area (Å²) >= 11 is 0. The smallest absolute Gasteiger partial charge is 0.329 e. The Morgan fingerprint density at radius 3 is 2.60 bits per heavy atom. The van der Waals surface area contributed by atoms with Crippen molar-refractivity contribution < 1.29 is 27.9 Å². The highest BCUT2D eigenvalue weighted by atomic mass is 19.3. The third-order valence-corrected chi connectivity index (χ3v) is 10.9. The van der Waals surface area contributed by atoms with Crippen molar-refractivity contribution in [3.8, 4) is 0 Å². The first-order valence-electron chi connectivity index (χ1n) is 18.0. The summed E-state index contributed by atoms with van der Waals surface area (Å²) in [6.07, 6.45) is 8.47. The van der Waals surface area contributed by atoms with Crippen molar-refractivity contribution in [2.75, 3.05) is 29.9 Å². The molecule has 1 aliphatic carbocycles. The van der Waals surface area contributed by atoms with Crippen LogP contribution in [0.4, 0.5) is 20.2 Å². The van der Waals surface area contributed by atoms with E-state index < -0.39 is 30.0 Å². The summed E-state index contributed by atoms with van der Waals surface area (Å²) < 4.78 is 40.5. The molecule has 2 aliphatic heterocycles. The summed E-state index contributed by atoms with van der Waals surface area (Å²) in [5.41, 5.74) is 2.09. The SMILES string of the molecule is Cn1c(=O)n(C2CCC(=O)NC2=O)c2cccc(N3CCC(CO[C@H]4CC[C@H](n5cc(NC(=O)c6cnn7cccnc67)c(C(F)F)n5)CC4)CC3)c21. The zero-order valence-corrected chi connectivity index (χ0v) is 29.2. The number of imide groups is 1. The molecule has 0 spiro atoms. The number of anilines is 2. The molecule has 1 unspecified atom stereocenters. The van der Waals surface area contributed by atoms with Crippen LogP contribution in [0.1, 0.15) is 85.9 Å². The average molecular weight is 731 g/mol. The van der Waals surface area contributed by atoms with Crippen molar-refractivity contribution in [2.45, 2.75) is 76.0 Å². The Balaban J connectivity index is 0.850. The van der Waals surface area contributed by atoms with Gasteiger partial charge in [0.2, 0.25) is 11.8 Å². The second-order valence-electron chi connectivity index (χ2n) is 14.1. The number of imidazole rings is 1. The number of rotatable bonds is 9. The van der Waals surface area contributed by atoms with Crippen molar-refractivity contribution >= 4 is 45.8 Å². The number of para-hydroxylation sites is 1. The van der Waals surface area contributed by atoms with Crippen LogP contribution >= 0.6 is 0 Å². The summed E-state index contributed by atoms with van der Waals surface area (Å²) in [5, 5.41) is 13.2. The molecule has 1 aromatic carbocycles. The Morgan fingerprint density at radius 1 is 1.06 bits per heavy atom. The lowest BCUT2D eigenvalue weighted by atomic mass is 9.92. The fourth-order valence-corrected chi connectivity index (χ4v) is 8.02. The number of aryl methyl sites for hydroxylation is 1. The average Bonchev–Trinajstić information content (AvgIpc) is 3.86. The number of alkyl halides is 2. The first-order chi connectivity index (χ1) is 25.7. The topological polar surface area (TPSA) is 163 Å². The van der Waals surface area contributed by atoms with Gasteiger partial charge in [-0.05, 0) is 69.1 Å². The number of hydrogen-bond acceptors (Lipinski definition) is 9. The molecule has 53 heavy (non-hydrogen) atoms. The number of aromatic nitrogens is 7. The van der Waals surface area contributed by atoms with Crippen molar-refractivity contribution in [3.63, 3.8) is 0 Å². The number of benzene rings is 1. The number of hydrogen-bond donors (Lipinski definition) is 2. The summed E-state index contributed by atoms with van der Waals surface area (Å²) in [4.78, 5) is 57.2. The Bertz CT molecular complexity index is 2240. The van der Waals surface area contributed by atoms with Crippen LogP contribution in [-0.4, -0.2) is 77.0 Å². The molecule has 2 saturated heterocycles. The molecule has 6 heterocycles. The van der Waals surface area contributed by atoms with Gasteiger partial charge in [-0.1, -0.05) is 6.07 Å². The largest absolute Gasteiger partial charge is 0.378 e. The molecule has 5 aromatic rings. The number of nitrogens with one attached hydrogen (secondary N) is 2. The highest BCUT2D eigenvalue weighted by Gasteiger charge is 2.33. The van der Waals surface area contributed by atoms with E-state index in [0.29, 0.717) is 36.5 Å². The molecule has 8 rings (SSSR count). The fraction of sp³-hybridized carbons (Fsp3) is 0.472. The van der Waals surface area contributed by atoms with Gasteiger partial charge in [0.1, 0.15) is 11.6 Å². The van der Waals surface area contributed by atoms with Gasteiger partial charge in [0, 0.05) is 51.8 Å². The van der Waals surface area contributed by atoms with Crippen LogP contribution in [0.2, 0.25) is 0 Å². The van der Waals surface area contributed by atoms with E-state index in [1.165, 1.54) is 27.7 Å². The minimum Gasteiger partial charge on any atom is -0.378 e. The van der Waals surface area contributed by atoms with Gasteiger partial charge in [-0.2, -0.15) is 10.2 Å². The molecule has 2 N–H and O–H groups in total. The van der Waals surface area contributed by atoms with E-state index in [-0.39, 0.29) is 47.8 Å². The predicted molar refractivity (Wildman–Crippen MR) is 189 cm³/mol. The molecule has 278 valence electrons. The Hall–Kier alpha value is -5.45. The molecule has 1 saturated carbocycles. The lowest BCUT2D eigenvalue weighted by Crippen LogP contribution is -2.44. The van der Waals surface area contributed by atoms with E-state index in [1.807, 2.05) is 18.2 Å². The molecule has 1 atom stereocenters. The normalized spacial score (nSPS) is 21.5. The van der Waals surface area contributed by atoms with Gasteiger partial charge in [0.15, 0.2) is 11.3 Å². The van der Waals surface area contributed by atoms with Gasteiger partial charge >= 0.3 is 5.69 Å². The molecule has 3 amide bonds. The van der Waals surface area contributed by atoms with Crippen molar-refractivity contribution in [2.24, 2.45) is 13.0 Å². The van der Waals surface area contributed by atoms with Crippen molar-refractivity contribution in [3.05, 3.63) is 70.8 Å². The zero-order valence-electron chi connectivity index (χ0n) is 29.2. The fourth-order valence-electron chi connectivity index (χ4n) is 8.02. The summed E-state index contributed by atoms with van der Waals surface area (Å²) in [7, 11) is 1.72. The molecule has 0 radical (unpaired) electrons. The molecule has 0 bridgehead atoms. The van der Waals surface area contributed by atoms with Crippen LogP contribution in [0.5, 0.6) is 0 Å². The second kappa shape index (κ2) is 14.2. The number of amides is 3. The van der Waals surface area contributed by atoms with Gasteiger partial charge in [0.05, 0.1) is 40.8 Å². The van der Waals surface area contributed by atoms with Crippen molar-refractivity contribution in [1.29, 1.82) is 0 Å². The first-order valence-corrected chi connectivity index (χ1v) is 18.0. The maximum Gasteiger partial charge on any atom is 0.329 e.